The first-order valence-corrected chi connectivity index (χ1v) is 6.84. The second kappa shape index (κ2) is 5.43. The van der Waals surface area contributed by atoms with Gasteiger partial charge in [0.15, 0.2) is 0 Å². The molecule has 0 aromatic carbocycles. The molecule has 1 aliphatic rings. The fraction of sp³-hybridized carbons (Fsp3) is 0.714. The predicted molar refractivity (Wildman–Crippen MR) is 74.3 cm³/mol. The second-order valence-corrected chi connectivity index (χ2v) is 5.63. The van der Waals surface area contributed by atoms with Gasteiger partial charge in [0.2, 0.25) is 5.95 Å². The smallest absolute Gasteiger partial charge is 0.223 e. The van der Waals surface area contributed by atoms with E-state index in [-0.39, 0.29) is 6.10 Å². The third-order valence-corrected chi connectivity index (χ3v) is 3.68. The van der Waals surface area contributed by atoms with Crippen molar-refractivity contribution in [3.05, 3.63) is 17.5 Å². The second-order valence-electron chi connectivity index (χ2n) is 5.63. The van der Waals surface area contributed by atoms with Gasteiger partial charge in [0.1, 0.15) is 5.60 Å². The van der Waals surface area contributed by atoms with Crippen molar-refractivity contribution in [1.82, 2.24) is 9.97 Å². The fourth-order valence-electron chi connectivity index (χ4n) is 2.20. The van der Waals surface area contributed by atoms with E-state index in [1.54, 1.807) is 0 Å². The summed E-state index contributed by atoms with van der Waals surface area (Å²) < 4.78 is 5.41. The summed E-state index contributed by atoms with van der Waals surface area (Å²) in [6, 6.07) is 1.99. The van der Waals surface area contributed by atoms with Gasteiger partial charge in [-0.2, -0.15) is 0 Å². The van der Waals surface area contributed by atoms with Gasteiger partial charge in [-0.1, -0.05) is 13.8 Å². The molecule has 2 atom stereocenters. The molecule has 2 unspecified atom stereocenters. The van der Waals surface area contributed by atoms with Gasteiger partial charge < -0.3 is 15.2 Å². The molecule has 0 amide bonds. The lowest BCUT2D eigenvalue weighted by molar-refractivity contribution is -0.0176. The molecule has 1 aliphatic heterocycles. The van der Waals surface area contributed by atoms with E-state index in [9.17, 15) is 5.11 Å². The van der Waals surface area contributed by atoms with Crippen molar-refractivity contribution in [1.29, 1.82) is 0 Å². The van der Waals surface area contributed by atoms with Gasteiger partial charge in [-0.05, 0) is 25.8 Å². The van der Waals surface area contributed by atoms with E-state index < -0.39 is 5.60 Å². The average molecular weight is 265 g/mol. The first-order valence-electron chi connectivity index (χ1n) is 6.84. The number of nitrogens with one attached hydrogen (secondary N) is 1. The number of aliphatic hydroxyl groups is 1. The van der Waals surface area contributed by atoms with E-state index in [2.05, 4.69) is 29.1 Å². The van der Waals surface area contributed by atoms with E-state index in [4.69, 9.17) is 4.74 Å². The quantitative estimate of drug-likeness (QED) is 0.869. The summed E-state index contributed by atoms with van der Waals surface area (Å²) >= 11 is 0. The highest BCUT2D eigenvalue weighted by Crippen LogP contribution is 2.25. The van der Waals surface area contributed by atoms with Gasteiger partial charge in [-0.25, -0.2) is 9.97 Å². The summed E-state index contributed by atoms with van der Waals surface area (Å²) in [4.78, 5) is 8.84. The molecule has 1 saturated heterocycles. The van der Waals surface area contributed by atoms with Crippen molar-refractivity contribution in [2.45, 2.75) is 51.7 Å². The third-order valence-electron chi connectivity index (χ3n) is 3.68. The van der Waals surface area contributed by atoms with Crippen LogP contribution in [0.2, 0.25) is 0 Å². The van der Waals surface area contributed by atoms with Crippen molar-refractivity contribution in [3.63, 3.8) is 0 Å². The number of nitrogens with zero attached hydrogens (tertiary/aromatic N) is 2. The molecule has 0 saturated carbocycles. The molecule has 0 spiro atoms. The summed E-state index contributed by atoms with van der Waals surface area (Å²) in [6.45, 7) is 9.07. The lowest BCUT2D eigenvalue weighted by Gasteiger charge is -2.26. The maximum absolute atomic E-state index is 10.4. The van der Waals surface area contributed by atoms with Crippen LogP contribution in [0, 0.1) is 6.92 Å². The molecule has 1 aromatic rings. The van der Waals surface area contributed by atoms with Gasteiger partial charge in [0, 0.05) is 31.0 Å². The highest BCUT2D eigenvalue weighted by Gasteiger charge is 2.39. The van der Waals surface area contributed by atoms with Crippen LogP contribution in [0.3, 0.4) is 0 Å². The highest BCUT2D eigenvalue weighted by molar-refractivity contribution is 5.30. The summed E-state index contributed by atoms with van der Waals surface area (Å²) in [5.74, 6) is 0.940. The van der Waals surface area contributed by atoms with Crippen molar-refractivity contribution >= 4 is 5.95 Å². The Morgan fingerprint density at radius 2 is 2.26 bits per heavy atom. The Balaban J connectivity index is 2.07. The first-order chi connectivity index (χ1) is 8.90. The lowest BCUT2D eigenvalue weighted by atomic mass is 9.97. The minimum Gasteiger partial charge on any atom is -0.385 e. The van der Waals surface area contributed by atoms with E-state index in [0.29, 0.717) is 31.4 Å². The summed E-state index contributed by atoms with van der Waals surface area (Å²) in [5, 5.41) is 13.6. The standard InChI is InChI=1S/C14H23N3O2/c1-9(2)12-7-10(3)16-13(17-12)15-8-14(18)5-6-19-11(14)4/h7,9,11,18H,5-6,8H2,1-4H3,(H,15,16,17). The number of ether oxygens (including phenoxy) is 1. The molecular formula is C14H23N3O2. The normalized spacial score (nSPS) is 26.9. The Hall–Kier alpha value is -1.20. The maximum Gasteiger partial charge on any atom is 0.223 e. The molecular weight excluding hydrogens is 242 g/mol. The van der Waals surface area contributed by atoms with Crippen LogP contribution in [0.15, 0.2) is 6.07 Å². The van der Waals surface area contributed by atoms with Crippen LogP contribution in [0.1, 0.15) is 44.5 Å². The molecule has 106 valence electrons. The van der Waals surface area contributed by atoms with Crippen LogP contribution in [0.5, 0.6) is 0 Å². The van der Waals surface area contributed by atoms with Crippen LogP contribution in [0.4, 0.5) is 5.95 Å². The highest BCUT2D eigenvalue weighted by atomic mass is 16.5. The van der Waals surface area contributed by atoms with Gasteiger partial charge in [0.25, 0.3) is 0 Å². The van der Waals surface area contributed by atoms with Crippen LogP contribution >= 0.6 is 0 Å². The minimum absolute atomic E-state index is 0.158. The van der Waals surface area contributed by atoms with Gasteiger partial charge >= 0.3 is 0 Å². The van der Waals surface area contributed by atoms with Crippen molar-refractivity contribution < 1.29 is 9.84 Å². The first kappa shape index (κ1) is 14.2. The van der Waals surface area contributed by atoms with Crippen LogP contribution < -0.4 is 5.32 Å². The maximum atomic E-state index is 10.4. The summed E-state index contributed by atoms with van der Waals surface area (Å²) in [7, 11) is 0. The molecule has 5 heteroatoms. The van der Waals surface area contributed by atoms with Crippen LogP contribution in [0.25, 0.3) is 0 Å². The summed E-state index contributed by atoms with van der Waals surface area (Å²) in [5.41, 5.74) is 1.12. The molecule has 0 aliphatic carbocycles. The Morgan fingerprint density at radius 1 is 1.53 bits per heavy atom. The predicted octanol–water partition coefficient (Wildman–Crippen LogP) is 1.86. The largest absolute Gasteiger partial charge is 0.385 e. The third kappa shape index (κ3) is 3.22. The molecule has 2 heterocycles. The zero-order valence-corrected chi connectivity index (χ0v) is 12.1. The van der Waals surface area contributed by atoms with E-state index >= 15 is 0 Å². The average Bonchev–Trinajstić information content (AvgIpc) is 2.67. The van der Waals surface area contributed by atoms with Gasteiger partial charge in [0.05, 0.1) is 6.10 Å². The van der Waals surface area contributed by atoms with Crippen molar-refractivity contribution in [3.8, 4) is 0 Å². The molecule has 1 aromatic heterocycles. The summed E-state index contributed by atoms with van der Waals surface area (Å²) in [6.07, 6.45) is 0.485. The number of hydrogen-bond donors (Lipinski definition) is 2. The number of anilines is 1. The molecule has 5 nitrogen and oxygen atoms in total. The lowest BCUT2D eigenvalue weighted by Crippen LogP contribution is -2.43. The molecule has 0 radical (unpaired) electrons. The van der Waals surface area contributed by atoms with Crippen molar-refractivity contribution in [2.75, 3.05) is 18.5 Å². The minimum atomic E-state index is -0.828. The number of hydrogen-bond acceptors (Lipinski definition) is 5. The van der Waals surface area contributed by atoms with E-state index in [0.717, 1.165) is 11.4 Å². The number of aromatic nitrogens is 2. The zero-order valence-electron chi connectivity index (χ0n) is 12.1. The molecule has 2 N–H and O–H groups in total. The van der Waals surface area contributed by atoms with E-state index in [1.165, 1.54) is 0 Å². The molecule has 0 bridgehead atoms. The van der Waals surface area contributed by atoms with Gasteiger partial charge in [-0.3, -0.25) is 0 Å². The SMILES string of the molecule is Cc1cc(C(C)C)nc(NCC2(O)CCOC2C)n1. The Labute approximate surface area is 114 Å². The monoisotopic (exact) mass is 265 g/mol. The van der Waals surface area contributed by atoms with E-state index in [1.807, 2.05) is 19.9 Å². The Bertz CT molecular complexity index is 450. The van der Waals surface area contributed by atoms with Crippen LogP contribution in [-0.4, -0.2) is 39.9 Å². The topological polar surface area (TPSA) is 67.3 Å². The molecule has 19 heavy (non-hydrogen) atoms. The number of aryl methyl sites for hydroxylation is 1. The number of rotatable bonds is 4. The van der Waals surface area contributed by atoms with Gasteiger partial charge in [-0.15, -0.1) is 0 Å². The molecule has 1 fully saturated rings. The Kier molecular flexibility index (Phi) is 4.06. The van der Waals surface area contributed by atoms with Crippen LogP contribution in [-0.2, 0) is 4.74 Å². The molecule has 2 rings (SSSR count). The fourth-order valence-corrected chi connectivity index (χ4v) is 2.20. The Morgan fingerprint density at radius 3 is 2.84 bits per heavy atom. The zero-order chi connectivity index (χ0) is 14.0. The van der Waals surface area contributed by atoms with Crippen molar-refractivity contribution in [2.24, 2.45) is 0 Å².